The molecule has 1 N–H and O–H groups in total. The monoisotopic (exact) mass is 355 g/mol. The number of rotatable bonds is 7. The summed E-state index contributed by atoms with van der Waals surface area (Å²) in [6.45, 7) is 0. The van der Waals surface area contributed by atoms with Crippen LogP contribution in [0.4, 0.5) is 5.69 Å². The minimum absolute atomic E-state index is 0.0126. The lowest BCUT2D eigenvalue weighted by atomic mass is 10.1. The number of nitrogens with zero attached hydrogens (tertiary/aromatic N) is 2. The van der Waals surface area contributed by atoms with E-state index in [1.54, 1.807) is 31.4 Å². The zero-order valence-electron chi connectivity index (χ0n) is 14.2. The largest absolute Gasteiger partial charge is 0.497 e. The van der Waals surface area contributed by atoms with Crippen molar-refractivity contribution < 1.29 is 19.2 Å². The number of nitro benzene ring substituents is 1. The number of carbonyl (C=O) groups excluding carboxylic acids is 1. The average molecular weight is 355 g/mol. The molecule has 0 bridgehead atoms. The van der Waals surface area contributed by atoms with E-state index in [9.17, 15) is 14.9 Å². The van der Waals surface area contributed by atoms with Gasteiger partial charge in [0.15, 0.2) is 0 Å². The third-order valence-corrected chi connectivity index (χ3v) is 3.34. The standard InChI is InChI=1S/C18H17N3O5/c1-25-16-8-9-17(26-2)14(11-16)5-10-18(22)20-19-12-13-3-6-15(7-4-13)21(23)24/h3-12H,1-2H3,(H,20,22)/b10-5+,19-12+. The Kier molecular flexibility index (Phi) is 6.44. The maximum atomic E-state index is 11.8. The predicted octanol–water partition coefficient (Wildman–Crippen LogP) is 2.78. The molecule has 0 saturated heterocycles. The van der Waals surface area contributed by atoms with E-state index >= 15 is 0 Å². The molecular formula is C18H17N3O5. The third-order valence-electron chi connectivity index (χ3n) is 3.34. The van der Waals surface area contributed by atoms with Crippen molar-refractivity contribution in [3.05, 3.63) is 69.8 Å². The molecule has 0 spiro atoms. The summed E-state index contributed by atoms with van der Waals surface area (Å²) in [4.78, 5) is 21.9. The molecule has 0 atom stereocenters. The average Bonchev–Trinajstić information content (AvgIpc) is 2.66. The number of carbonyl (C=O) groups is 1. The molecule has 0 heterocycles. The Balaban J connectivity index is 1.98. The molecule has 0 aliphatic carbocycles. The van der Waals surface area contributed by atoms with Crippen molar-refractivity contribution in [2.24, 2.45) is 5.10 Å². The van der Waals surface area contributed by atoms with Gasteiger partial charge in [0.2, 0.25) is 0 Å². The third kappa shape index (κ3) is 5.17. The molecule has 2 aromatic rings. The van der Waals surface area contributed by atoms with Gasteiger partial charge in [-0.3, -0.25) is 14.9 Å². The summed E-state index contributed by atoms with van der Waals surface area (Å²) in [7, 11) is 3.09. The number of nitrogens with one attached hydrogen (secondary N) is 1. The van der Waals surface area contributed by atoms with Crippen molar-refractivity contribution in [2.45, 2.75) is 0 Å². The highest BCUT2D eigenvalue weighted by Gasteiger charge is 2.04. The van der Waals surface area contributed by atoms with Crippen molar-refractivity contribution in [1.29, 1.82) is 0 Å². The lowest BCUT2D eigenvalue weighted by Gasteiger charge is -2.06. The summed E-state index contributed by atoms with van der Waals surface area (Å²) in [5.41, 5.74) is 3.63. The summed E-state index contributed by atoms with van der Waals surface area (Å²) in [6.07, 6.45) is 4.28. The first-order valence-corrected chi connectivity index (χ1v) is 7.51. The number of hydrogen-bond donors (Lipinski definition) is 1. The first-order valence-electron chi connectivity index (χ1n) is 7.51. The molecule has 0 fully saturated rings. The summed E-state index contributed by atoms with van der Waals surface area (Å²) < 4.78 is 10.4. The molecule has 0 aromatic heterocycles. The fourth-order valence-electron chi connectivity index (χ4n) is 2.02. The van der Waals surface area contributed by atoms with Crippen LogP contribution in [0.15, 0.2) is 53.6 Å². The van der Waals surface area contributed by atoms with Gasteiger partial charge in [0.1, 0.15) is 11.5 Å². The smallest absolute Gasteiger partial charge is 0.269 e. The zero-order valence-corrected chi connectivity index (χ0v) is 14.2. The van der Waals surface area contributed by atoms with Gasteiger partial charge in [0, 0.05) is 23.8 Å². The summed E-state index contributed by atoms with van der Waals surface area (Å²) in [5.74, 6) is 0.805. The lowest BCUT2D eigenvalue weighted by Crippen LogP contribution is -2.14. The van der Waals surface area contributed by atoms with Gasteiger partial charge in [-0.1, -0.05) is 0 Å². The molecule has 2 aromatic carbocycles. The Hall–Kier alpha value is -3.68. The van der Waals surface area contributed by atoms with Crippen LogP contribution in [0.3, 0.4) is 0 Å². The van der Waals surface area contributed by atoms with E-state index < -0.39 is 10.8 Å². The van der Waals surface area contributed by atoms with Crippen LogP contribution in [0, 0.1) is 10.1 Å². The maximum Gasteiger partial charge on any atom is 0.269 e. The van der Waals surface area contributed by atoms with Crippen LogP contribution < -0.4 is 14.9 Å². The van der Waals surface area contributed by atoms with Crippen molar-refractivity contribution >= 4 is 23.9 Å². The van der Waals surface area contributed by atoms with E-state index in [2.05, 4.69) is 10.5 Å². The van der Waals surface area contributed by atoms with Crippen LogP contribution in [-0.2, 0) is 4.79 Å². The van der Waals surface area contributed by atoms with Crippen LogP contribution in [0.5, 0.6) is 11.5 Å². The first kappa shape index (κ1) is 18.7. The molecule has 8 nitrogen and oxygen atoms in total. The molecule has 8 heteroatoms. The van der Waals surface area contributed by atoms with Gasteiger partial charge in [-0.2, -0.15) is 5.10 Å². The SMILES string of the molecule is COc1ccc(OC)c(/C=C/C(=O)N/N=C/c2ccc([N+](=O)[O-])cc2)c1. The van der Waals surface area contributed by atoms with Gasteiger partial charge in [-0.05, 0) is 42.0 Å². The maximum absolute atomic E-state index is 11.8. The number of nitro groups is 1. The topological polar surface area (TPSA) is 103 Å². The lowest BCUT2D eigenvalue weighted by molar-refractivity contribution is -0.384. The highest BCUT2D eigenvalue weighted by Crippen LogP contribution is 2.24. The molecule has 0 unspecified atom stereocenters. The molecule has 0 aliphatic heterocycles. The molecule has 1 amide bonds. The zero-order chi connectivity index (χ0) is 18.9. The van der Waals surface area contributed by atoms with E-state index in [1.807, 2.05) is 0 Å². The van der Waals surface area contributed by atoms with E-state index in [0.29, 0.717) is 22.6 Å². The van der Waals surface area contributed by atoms with Crippen molar-refractivity contribution in [3.63, 3.8) is 0 Å². The molecule has 26 heavy (non-hydrogen) atoms. The number of hydrazone groups is 1. The number of non-ortho nitro benzene ring substituents is 1. The summed E-state index contributed by atoms with van der Waals surface area (Å²) in [6, 6.07) is 11.0. The normalized spacial score (nSPS) is 10.8. The van der Waals surface area contributed by atoms with Gasteiger partial charge in [-0.25, -0.2) is 5.43 Å². The Morgan fingerprint density at radius 2 is 1.88 bits per heavy atom. The number of ether oxygens (including phenoxy) is 2. The van der Waals surface area contributed by atoms with E-state index in [4.69, 9.17) is 9.47 Å². The van der Waals surface area contributed by atoms with Gasteiger partial charge in [0.05, 0.1) is 25.4 Å². The molecule has 2 rings (SSSR count). The Bertz CT molecular complexity index is 844. The predicted molar refractivity (Wildman–Crippen MR) is 97.4 cm³/mol. The van der Waals surface area contributed by atoms with Gasteiger partial charge in [-0.15, -0.1) is 0 Å². The number of amides is 1. The second kappa shape index (κ2) is 8.97. The second-order valence-electron chi connectivity index (χ2n) is 5.02. The summed E-state index contributed by atoms with van der Waals surface area (Å²) >= 11 is 0. The van der Waals surface area contributed by atoms with Crippen LogP contribution >= 0.6 is 0 Å². The number of hydrogen-bond acceptors (Lipinski definition) is 6. The van der Waals surface area contributed by atoms with Gasteiger partial charge in [0.25, 0.3) is 11.6 Å². The molecule has 134 valence electrons. The first-order chi connectivity index (χ1) is 12.5. The fraction of sp³-hybridized carbons (Fsp3) is 0.111. The van der Waals surface area contributed by atoms with E-state index in [1.165, 1.54) is 43.7 Å². The Morgan fingerprint density at radius 3 is 2.50 bits per heavy atom. The van der Waals surface area contributed by atoms with Crippen LogP contribution in [0.2, 0.25) is 0 Å². The minimum atomic E-state index is -0.486. The Labute approximate surface area is 149 Å². The van der Waals surface area contributed by atoms with Crippen molar-refractivity contribution in [2.75, 3.05) is 14.2 Å². The highest BCUT2D eigenvalue weighted by molar-refractivity contribution is 5.93. The number of benzene rings is 2. The molecular weight excluding hydrogens is 338 g/mol. The number of methoxy groups -OCH3 is 2. The van der Waals surface area contributed by atoms with Crippen molar-refractivity contribution in [1.82, 2.24) is 5.43 Å². The molecule has 0 saturated carbocycles. The van der Waals surface area contributed by atoms with E-state index in [-0.39, 0.29) is 5.69 Å². The van der Waals surface area contributed by atoms with Gasteiger partial charge >= 0.3 is 0 Å². The quantitative estimate of drug-likeness (QED) is 0.356. The molecule has 0 radical (unpaired) electrons. The summed E-state index contributed by atoms with van der Waals surface area (Å²) in [5, 5.41) is 14.4. The molecule has 0 aliphatic rings. The highest BCUT2D eigenvalue weighted by atomic mass is 16.6. The van der Waals surface area contributed by atoms with Crippen molar-refractivity contribution in [3.8, 4) is 11.5 Å². The van der Waals surface area contributed by atoms with E-state index in [0.717, 1.165) is 0 Å². The minimum Gasteiger partial charge on any atom is -0.497 e. The van der Waals surface area contributed by atoms with Crippen LogP contribution in [0.1, 0.15) is 11.1 Å². The Morgan fingerprint density at radius 1 is 1.15 bits per heavy atom. The fourth-order valence-corrected chi connectivity index (χ4v) is 2.02. The van der Waals surface area contributed by atoms with Crippen LogP contribution in [-0.4, -0.2) is 31.3 Å². The second-order valence-corrected chi connectivity index (χ2v) is 5.02. The van der Waals surface area contributed by atoms with Crippen LogP contribution in [0.25, 0.3) is 6.08 Å². The van der Waals surface area contributed by atoms with Gasteiger partial charge < -0.3 is 9.47 Å².